The molecule has 0 spiro atoms. The second kappa shape index (κ2) is 4.14. The number of aromatic nitrogens is 2. The molecule has 1 aromatic heterocycles. The molecule has 17 heavy (non-hydrogen) atoms. The Balaban J connectivity index is 2.11. The number of benzene rings is 1. The highest BCUT2D eigenvalue weighted by Gasteiger charge is 2.25. The van der Waals surface area contributed by atoms with E-state index in [1.54, 1.807) is 0 Å². The Morgan fingerprint density at radius 3 is 3.00 bits per heavy atom. The Hall–Kier alpha value is -0.800. The largest absolute Gasteiger partial charge is 0.329 e. The van der Waals surface area contributed by atoms with E-state index in [9.17, 15) is 0 Å². The molecule has 1 heterocycles. The highest BCUT2D eigenvalue weighted by Crippen LogP contribution is 2.38. The Kier molecular flexibility index (Phi) is 2.75. The van der Waals surface area contributed by atoms with Gasteiger partial charge in [0.2, 0.25) is 0 Å². The second-order valence-corrected chi connectivity index (χ2v) is 5.76. The first-order valence-electron chi connectivity index (χ1n) is 6.05. The number of rotatable bonds is 3. The maximum absolute atomic E-state index is 6.17. The summed E-state index contributed by atoms with van der Waals surface area (Å²) in [6.45, 7) is 2.24. The molecule has 0 amide bonds. The van der Waals surface area contributed by atoms with Gasteiger partial charge in [-0.2, -0.15) is 0 Å². The quantitative estimate of drug-likeness (QED) is 0.798. The van der Waals surface area contributed by atoms with Crippen molar-refractivity contribution in [3.8, 4) is 0 Å². The van der Waals surface area contributed by atoms with Crippen molar-refractivity contribution in [2.24, 2.45) is 5.92 Å². The zero-order valence-electron chi connectivity index (χ0n) is 9.74. The number of nitrogens with zero attached hydrogens (tertiary/aromatic N) is 1. The number of para-hydroxylation sites is 1. The number of imidazole rings is 1. The molecule has 0 radical (unpaired) electrons. The van der Waals surface area contributed by atoms with Crippen LogP contribution >= 0.6 is 23.8 Å². The minimum absolute atomic E-state index is 0.446. The third-order valence-electron chi connectivity index (χ3n) is 3.51. The lowest BCUT2D eigenvalue weighted by atomic mass is 10.1. The summed E-state index contributed by atoms with van der Waals surface area (Å²) in [6.07, 6.45) is 3.97. The predicted octanol–water partition coefficient (Wildman–Crippen LogP) is 4.71. The van der Waals surface area contributed by atoms with Crippen molar-refractivity contribution < 1.29 is 0 Å². The zero-order valence-corrected chi connectivity index (χ0v) is 11.3. The molecule has 0 saturated heterocycles. The third-order valence-corrected chi connectivity index (χ3v) is 4.13. The van der Waals surface area contributed by atoms with Crippen LogP contribution in [0.15, 0.2) is 18.2 Å². The number of aromatic amines is 1. The minimum Gasteiger partial charge on any atom is -0.329 e. The molecule has 0 bridgehead atoms. The molecule has 0 aliphatic heterocycles. The Morgan fingerprint density at radius 1 is 1.53 bits per heavy atom. The topological polar surface area (TPSA) is 20.7 Å². The summed E-state index contributed by atoms with van der Waals surface area (Å²) in [5, 5.41) is 0.742. The maximum atomic E-state index is 6.17. The van der Waals surface area contributed by atoms with Gasteiger partial charge in [-0.1, -0.05) is 30.5 Å². The van der Waals surface area contributed by atoms with Gasteiger partial charge in [-0.25, -0.2) is 0 Å². The normalized spacial score (nSPS) is 17.5. The van der Waals surface area contributed by atoms with Crippen molar-refractivity contribution >= 4 is 34.9 Å². The van der Waals surface area contributed by atoms with E-state index in [1.807, 2.05) is 12.1 Å². The highest BCUT2D eigenvalue weighted by atomic mass is 35.5. The molecule has 90 valence electrons. The van der Waals surface area contributed by atoms with Crippen molar-refractivity contribution in [1.29, 1.82) is 0 Å². The predicted molar refractivity (Wildman–Crippen MR) is 74.2 cm³/mol. The smallest absolute Gasteiger partial charge is 0.178 e. The first-order chi connectivity index (χ1) is 8.16. The fourth-order valence-corrected chi connectivity index (χ4v) is 3.09. The number of hydrogen-bond acceptors (Lipinski definition) is 1. The van der Waals surface area contributed by atoms with Crippen LogP contribution in [0, 0.1) is 10.7 Å². The first kappa shape index (κ1) is 11.3. The van der Waals surface area contributed by atoms with Gasteiger partial charge in [0.25, 0.3) is 0 Å². The van der Waals surface area contributed by atoms with Crippen LogP contribution in [0.2, 0.25) is 5.02 Å². The molecule has 1 fully saturated rings. The van der Waals surface area contributed by atoms with Gasteiger partial charge in [-0.3, -0.25) is 0 Å². The summed E-state index contributed by atoms with van der Waals surface area (Å²) >= 11 is 11.6. The van der Waals surface area contributed by atoms with Crippen LogP contribution in [0.4, 0.5) is 0 Å². The SMILES string of the molecule is CC(CC1CC1)n1c(=S)[nH]c2c(Cl)cccc21. The van der Waals surface area contributed by atoms with Gasteiger partial charge in [0.15, 0.2) is 4.77 Å². The molecule has 2 nitrogen and oxygen atoms in total. The summed E-state index contributed by atoms with van der Waals surface area (Å²) in [5.41, 5.74) is 2.08. The number of fused-ring (bicyclic) bond motifs is 1. The average molecular weight is 267 g/mol. The highest BCUT2D eigenvalue weighted by molar-refractivity contribution is 7.71. The molecular weight excluding hydrogens is 252 g/mol. The molecular formula is C13H15ClN2S. The van der Waals surface area contributed by atoms with E-state index in [0.717, 1.165) is 26.7 Å². The van der Waals surface area contributed by atoms with Crippen molar-refractivity contribution in [3.63, 3.8) is 0 Å². The van der Waals surface area contributed by atoms with Gasteiger partial charge >= 0.3 is 0 Å². The lowest BCUT2D eigenvalue weighted by Crippen LogP contribution is -2.05. The zero-order chi connectivity index (χ0) is 12.0. The van der Waals surface area contributed by atoms with Crippen LogP contribution in [0.3, 0.4) is 0 Å². The van der Waals surface area contributed by atoms with Crippen LogP contribution in [0.5, 0.6) is 0 Å². The van der Waals surface area contributed by atoms with E-state index < -0.39 is 0 Å². The van der Waals surface area contributed by atoms with E-state index in [0.29, 0.717) is 6.04 Å². The number of H-pyrrole nitrogens is 1. The van der Waals surface area contributed by atoms with Gasteiger partial charge in [0.1, 0.15) is 0 Å². The van der Waals surface area contributed by atoms with Gasteiger partial charge < -0.3 is 9.55 Å². The molecule has 4 heteroatoms. The summed E-state index contributed by atoms with van der Waals surface area (Å²) in [6, 6.07) is 6.40. The Bertz CT molecular complexity index is 609. The number of nitrogens with one attached hydrogen (secondary N) is 1. The Labute approximate surface area is 111 Å². The molecule has 3 rings (SSSR count). The Morgan fingerprint density at radius 2 is 2.29 bits per heavy atom. The third kappa shape index (κ3) is 2.02. The molecule has 1 atom stereocenters. The van der Waals surface area contributed by atoms with E-state index in [4.69, 9.17) is 23.8 Å². The summed E-state index contributed by atoms with van der Waals surface area (Å²) in [4.78, 5) is 3.22. The summed E-state index contributed by atoms with van der Waals surface area (Å²) in [7, 11) is 0. The minimum atomic E-state index is 0.446. The summed E-state index contributed by atoms with van der Waals surface area (Å²) < 4.78 is 2.98. The monoisotopic (exact) mass is 266 g/mol. The second-order valence-electron chi connectivity index (χ2n) is 4.96. The van der Waals surface area contributed by atoms with E-state index >= 15 is 0 Å². The van der Waals surface area contributed by atoms with Gasteiger partial charge in [0, 0.05) is 6.04 Å². The van der Waals surface area contributed by atoms with E-state index in [-0.39, 0.29) is 0 Å². The molecule has 2 aromatic rings. The van der Waals surface area contributed by atoms with Gasteiger partial charge in [-0.05, 0) is 43.6 Å². The molecule has 1 unspecified atom stereocenters. The standard InChI is InChI=1S/C13H15ClN2S/c1-8(7-9-5-6-9)16-11-4-2-3-10(14)12(11)15-13(16)17/h2-4,8-9H,5-7H2,1H3,(H,15,17). The van der Waals surface area contributed by atoms with Crippen LogP contribution in [-0.4, -0.2) is 9.55 Å². The van der Waals surface area contributed by atoms with Gasteiger partial charge in [-0.15, -0.1) is 0 Å². The number of hydrogen-bond donors (Lipinski definition) is 1. The van der Waals surface area contributed by atoms with Crippen LogP contribution in [0.25, 0.3) is 11.0 Å². The van der Waals surface area contributed by atoms with E-state index in [1.165, 1.54) is 19.3 Å². The molecule has 1 N–H and O–H groups in total. The van der Waals surface area contributed by atoms with E-state index in [2.05, 4.69) is 22.5 Å². The molecule has 1 aliphatic rings. The molecule has 1 aromatic carbocycles. The lowest BCUT2D eigenvalue weighted by molar-refractivity contribution is 0.483. The molecule has 1 aliphatic carbocycles. The maximum Gasteiger partial charge on any atom is 0.178 e. The van der Waals surface area contributed by atoms with Crippen LogP contribution in [-0.2, 0) is 0 Å². The lowest BCUT2D eigenvalue weighted by Gasteiger charge is -2.14. The van der Waals surface area contributed by atoms with Crippen molar-refractivity contribution in [1.82, 2.24) is 9.55 Å². The van der Waals surface area contributed by atoms with Crippen molar-refractivity contribution in [2.75, 3.05) is 0 Å². The van der Waals surface area contributed by atoms with Crippen molar-refractivity contribution in [2.45, 2.75) is 32.2 Å². The van der Waals surface area contributed by atoms with Crippen molar-refractivity contribution in [3.05, 3.63) is 28.0 Å². The fourth-order valence-electron chi connectivity index (χ4n) is 2.49. The number of halogens is 1. The van der Waals surface area contributed by atoms with Gasteiger partial charge in [0.05, 0.1) is 16.1 Å². The first-order valence-corrected chi connectivity index (χ1v) is 6.84. The van der Waals surface area contributed by atoms with Crippen LogP contribution < -0.4 is 0 Å². The van der Waals surface area contributed by atoms with Crippen LogP contribution in [0.1, 0.15) is 32.2 Å². The average Bonchev–Trinajstić information content (AvgIpc) is 3.00. The summed E-state index contributed by atoms with van der Waals surface area (Å²) in [5.74, 6) is 0.899. The fraction of sp³-hybridized carbons (Fsp3) is 0.462. The molecule has 1 saturated carbocycles.